The van der Waals surface area contributed by atoms with Gasteiger partial charge in [-0.3, -0.25) is 4.79 Å². The number of benzene rings is 2. The topological polar surface area (TPSA) is 20.3 Å². The molecule has 1 unspecified atom stereocenters. The molecule has 4 rings (SSSR count). The Morgan fingerprint density at radius 1 is 1.00 bits per heavy atom. The Balaban J connectivity index is 1.41. The van der Waals surface area contributed by atoms with Crippen molar-refractivity contribution >= 4 is 5.91 Å². The first-order valence-electron chi connectivity index (χ1n) is 9.42. The molecule has 26 heavy (non-hydrogen) atoms. The number of halogens is 2. The second-order valence-corrected chi connectivity index (χ2v) is 7.50. The van der Waals surface area contributed by atoms with Gasteiger partial charge in [-0.05, 0) is 67.3 Å². The molecule has 136 valence electrons. The SMILES string of the molecule is O=C(CCc1cc(F)ccc1F)N1[C@@H]2CC[C@H]1CC(c1ccccc1)C2. The molecule has 2 aromatic carbocycles. The average Bonchev–Trinajstić information content (AvgIpc) is 2.92. The maximum Gasteiger partial charge on any atom is 0.223 e. The number of nitrogens with zero attached hydrogens (tertiary/aromatic N) is 1. The summed E-state index contributed by atoms with van der Waals surface area (Å²) in [6, 6.07) is 14.5. The van der Waals surface area contributed by atoms with E-state index in [1.807, 2.05) is 11.0 Å². The van der Waals surface area contributed by atoms with Crippen molar-refractivity contribution in [2.75, 3.05) is 0 Å². The fourth-order valence-corrected chi connectivity index (χ4v) is 4.69. The predicted molar refractivity (Wildman–Crippen MR) is 96.8 cm³/mol. The molecule has 4 heteroatoms. The van der Waals surface area contributed by atoms with Gasteiger partial charge in [0.1, 0.15) is 11.6 Å². The van der Waals surface area contributed by atoms with Crippen LogP contribution in [0.1, 0.15) is 49.1 Å². The maximum atomic E-state index is 13.8. The van der Waals surface area contributed by atoms with Crippen molar-refractivity contribution in [2.24, 2.45) is 0 Å². The molecule has 2 aromatic rings. The third-order valence-corrected chi connectivity index (χ3v) is 5.91. The molecule has 3 atom stereocenters. The Morgan fingerprint density at radius 3 is 2.38 bits per heavy atom. The van der Waals surface area contributed by atoms with Gasteiger partial charge in [-0.1, -0.05) is 30.3 Å². The van der Waals surface area contributed by atoms with Crippen molar-refractivity contribution < 1.29 is 13.6 Å². The fraction of sp³-hybridized carbons (Fsp3) is 0.409. The molecular weight excluding hydrogens is 332 g/mol. The molecule has 1 amide bonds. The van der Waals surface area contributed by atoms with Gasteiger partial charge in [0.2, 0.25) is 5.91 Å². The highest BCUT2D eigenvalue weighted by molar-refractivity contribution is 5.77. The summed E-state index contributed by atoms with van der Waals surface area (Å²) in [7, 11) is 0. The van der Waals surface area contributed by atoms with Crippen molar-refractivity contribution in [1.82, 2.24) is 4.90 Å². The van der Waals surface area contributed by atoms with E-state index in [-0.39, 0.29) is 36.4 Å². The van der Waals surface area contributed by atoms with E-state index in [0.29, 0.717) is 5.92 Å². The summed E-state index contributed by atoms with van der Waals surface area (Å²) in [5.41, 5.74) is 1.64. The minimum atomic E-state index is -0.461. The fourth-order valence-electron chi connectivity index (χ4n) is 4.69. The molecule has 0 saturated carbocycles. The summed E-state index contributed by atoms with van der Waals surface area (Å²) in [5, 5.41) is 0. The van der Waals surface area contributed by atoms with Crippen molar-refractivity contribution in [2.45, 2.75) is 56.5 Å². The molecule has 2 aliphatic rings. The second kappa shape index (κ2) is 7.18. The van der Waals surface area contributed by atoms with Crippen LogP contribution in [0.2, 0.25) is 0 Å². The summed E-state index contributed by atoms with van der Waals surface area (Å²) >= 11 is 0. The van der Waals surface area contributed by atoms with Crippen molar-refractivity contribution in [1.29, 1.82) is 0 Å². The first-order valence-corrected chi connectivity index (χ1v) is 9.42. The molecular formula is C22H23F2NO. The molecule has 2 nitrogen and oxygen atoms in total. The largest absolute Gasteiger partial charge is 0.337 e. The summed E-state index contributed by atoms with van der Waals surface area (Å²) in [4.78, 5) is 14.8. The van der Waals surface area contributed by atoms with Crippen LogP contribution >= 0.6 is 0 Å². The lowest BCUT2D eigenvalue weighted by molar-refractivity contribution is -0.135. The van der Waals surface area contributed by atoms with Crippen LogP contribution in [0, 0.1) is 11.6 Å². The summed E-state index contributed by atoms with van der Waals surface area (Å²) < 4.78 is 27.1. The maximum absolute atomic E-state index is 13.8. The lowest BCUT2D eigenvalue weighted by atomic mass is 9.85. The van der Waals surface area contributed by atoms with Gasteiger partial charge >= 0.3 is 0 Å². The normalized spacial score (nSPS) is 24.7. The third-order valence-electron chi connectivity index (χ3n) is 5.91. The van der Waals surface area contributed by atoms with Crippen molar-refractivity contribution in [3.8, 4) is 0 Å². The molecule has 2 fully saturated rings. The highest BCUT2D eigenvalue weighted by Gasteiger charge is 2.43. The van der Waals surface area contributed by atoms with Crippen LogP contribution < -0.4 is 0 Å². The van der Waals surface area contributed by atoms with Crippen LogP contribution in [0.25, 0.3) is 0 Å². The first-order chi connectivity index (χ1) is 12.6. The number of rotatable bonds is 4. The lowest BCUT2D eigenvalue weighted by Gasteiger charge is -2.39. The number of fused-ring (bicyclic) bond motifs is 2. The first kappa shape index (κ1) is 17.2. The molecule has 0 spiro atoms. The predicted octanol–water partition coefficient (Wildman–Crippen LogP) is 4.83. The van der Waals surface area contributed by atoms with Gasteiger partial charge in [-0.2, -0.15) is 0 Å². The van der Waals surface area contributed by atoms with E-state index in [0.717, 1.165) is 37.8 Å². The molecule has 2 heterocycles. The number of hydrogen-bond acceptors (Lipinski definition) is 1. The second-order valence-electron chi connectivity index (χ2n) is 7.50. The van der Waals surface area contributed by atoms with Gasteiger partial charge in [0.15, 0.2) is 0 Å². The number of piperidine rings is 1. The quantitative estimate of drug-likeness (QED) is 0.769. The molecule has 0 N–H and O–H groups in total. The van der Waals surface area contributed by atoms with E-state index >= 15 is 0 Å². The van der Waals surface area contributed by atoms with Crippen LogP contribution in [-0.2, 0) is 11.2 Å². The van der Waals surface area contributed by atoms with E-state index in [1.54, 1.807) is 0 Å². The van der Waals surface area contributed by atoms with Crippen molar-refractivity contribution in [3.05, 3.63) is 71.3 Å². The van der Waals surface area contributed by atoms with Gasteiger partial charge in [0.05, 0.1) is 0 Å². The van der Waals surface area contributed by atoms with Crippen molar-refractivity contribution in [3.63, 3.8) is 0 Å². The van der Waals surface area contributed by atoms with Gasteiger partial charge in [-0.25, -0.2) is 8.78 Å². The average molecular weight is 355 g/mol. The zero-order chi connectivity index (χ0) is 18.1. The smallest absolute Gasteiger partial charge is 0.223 e. The van der Waals surface area contributed by atoms with E-state index < -0.39 is 11.6 Å². The molecule has 0 aromatic heterocycles. The van der Waals surface area contributed by atoms with Crippen LogP contribution in [0.3, 0.4) is 0 Å². The van der Waals surface area contributed by atoms with Crippen LogP contribution in [0.15, 0.2) is 48.5 Å². The van der Waals surface area contributed by atoms with Crippen LogP contribution in [0.5, 0.6) is 0 Å². The van der Waals surface area contributed by atoms with Gasteiger partial charge in [0, 0.05) is 18.5 Å². The zero-order valence-corrected chi connectivity index (χ0v) is 14.7. The number of aryl methyl sites for hydroxylation is 1. The van der Waals surface area contributed by atoms with E-state index in [9.17, 15) is 13.6 Å². The Bertz CT molecular complexity index is 778. The number of hydrogen-bond donors (Lipinski definition) is 0. The highest BCUT2D eigenvalue weighted by atomic mass is 19.1. The molecule has 0 radical (unpaired) electrons. The van der Waals surface area contributed by atoms with Gasteiger partial charge in [0.25, 0.3) is 0 Å². The summed E-state index contributed by atoms with van der Waals surface area (Å²) in [5.74, 6) is -0.311. The minimum absolute atomic E-state index is 0.0765. The Kier molecular flexibility index (Phi) is 4.75. The van der Waals surface area contributed by atoms with E-state index in [2.05, 4.69) is 24.3 Å². The Morgan fingerprint density at radius 2 is 1.69 bits per heavy atom. The van der Waals surface area contributed by atoms with Gasteiger partial charge in [-0.15, -0.1) is 0 Å². The van der Waals surface area contributed by atoms with Crippen LogP contribution in [-0.4, -0.2) is 22.9 Å². The molecule has 2 aliphatic heterocycles. The zero-order valence-electron chi connectivity index (χ0n) is 14.7. The monoisotopic (exact) mass is 355 g/mol. The standard InChI is InChI=1S/C22H23F2NO/c23-18-7-10-21(24)16(12-18)6-11-22(26)25-19-8-9-20(25)14-17(13-19)15-4-2-1-3-5-15/h1-5,7,10,12,17,19-20H,6,8-9,11,13-14H2/t17?,19-,20+. The highest BCUT2D eigenvalue weighted by Crippen LogP contribution is 2.43. The third kappa shape index (κ3) is 3.37. The van der Waals surface area contributed by atoms with Gasteiger partial charge < -0.3 is 4.90 Å². The molecule has 2 bridgehead atoms. The Labute approximate surface area is 152 Å². The van der Waals surface area contributed by atoms with E-state index in [4.69, 9.17) is 0 Å². The minimum Gasteiger partial charge on any atom is -0.337 e. The molecule has 2 saturated heterocycles. The Hall–Kier alpha value is -2.23. The summed E-state index contributed by atoms with van der Waals surface area (Å²) in [6.07, 6.45) is 4.59. The van der Waals surface area contributed by atoms with E-state index in [1.165, 1.54) is 11.6 Å². The summed E-state index contributed by atoms with van der Waals surface area (Å²) in [6.45, 7) is 0. The van der Waals surface area contributed by atoms with Crippen LogP contribution in [0.4, 0.5) is 8.78 Å². The molecule has 0 aliphatic carbocycles. The number of carbonyl (C=O) groups excluding carboxylic acids is 1. The lowest BCUT2D eigenvalue weighted by Crippen LogP contribution is -2.46. The number of amides is 1. The number of carbonyl (C=O) groups is 1.